The van der Waals surface area contributed by atoms with E-state index in [9.17, 15) is 14.4 Å². The van der Waals surface area contributed by atoms with Gasteiger partial charge in [-0.25, -0.2) is 0 Å². The molecule has 0 saturated carbocycles. The minimum atomic E-state index is -0.737. The molecular formula is C22H21N3O5. The highest BCUT2D eigenvalue weighted by atomic mass is 16.5. The Morgan fingerprint density at radius 2 is 1.53 bits per heavy atom. The predicted octanol–water partition coefficient (Wildman–Crippen LogP) is 2.28. The number of H-pyrrole nitrogens is 1. The fraction of sp³-hybridized carbons (Fsp3) is 0.136. The van der Waals surface area contributed by atoms with Crippen LogP contribution in [0.3, 0.4) is 0 Å². The largest absolute Gasteiger partial charge is 0.490 e. The first-order valence-corrected chi connectivity index (χ1v) is 9.31. The molecular weight excluding hydrogens is 386 g/mol. The monoisotopic (exact) mass is 407 g/mol. The number of para-hydroxylation sites is 2. The topological polar surface area (TPSA) is 110 Å². The molecule has 0 bridgehead atoms. The van der Waals surface area contributed by atoms with Crippen molar-refractivity contribution < 1.29 is 19.1 Å². The zero-order valence-electron chi connectivity index (χ0n) is 16.3. The molecule has 1 heterocycles. The number of hydrazine groups is 1. The third-order valence-electron chi connectivity index (χ3n) is 4.06. The Morgan fingerprint density at radius 1 is 0.867 bits per heavy atom. The lowest BCUT2D eigenvalue weighted by molar-refractivity contribution is -0.123. The Hall–Kier alpha value is -4.07. The molecule has 0 aliphatic carbocycles. The minimum Gasteiger partial charge on any atom is -0.490 e. The molecule has 30 heavy (non-hydrogen) atoms. The van der Waals surface area contributed by atoms with E-state index in [-0.39, 0.29) is 12.2 Å². The molecule has 3 rings (SSSR count). The average Bonchev–Trinajstić information content (AvgIpc) is 2.77. The highest BCUT2D eigenvalue weighted by Gasteiger charge is 2.13. The molecule has 8 nitrogen and oxygen atoms in total. The van der Waals surface area contributed by atoms with E-state index in [4.69, 9.17) is 9.47 Å². The van der Waals surface area contributed by atoms with Gasteiger partial charge in [-0.3, -0.25) is 25.2 Å². The maximum atomic E-state index is 12.2. The Labute approximate surface area is 172 Å². The number of benzene rings is 2. The summed E-state index contributed by atoms with van der Waals surface area (Å²) < 4.78 is 10.8. The van der Waals surface area contributed by atoms with Crippen LogP contribution in [0, 0.1) is 0 Å². The number of hydrogen-bond acceptors (Lipinski definition) is 5. The van der Waals surface area contributed by atoms with Crippen molar-refractivity contribution in [1.82, 2.24) is 15.8 Å². The van der Waals surface area contributed by atoms with Gasteiger partial charge in [-0.15, -0.1) is 0 Å². The summed E-state index contributed by atoms with van der Waals surface area (Å²) in [6.45, 7) is 1.96. The molecule has 2 aromatic carbocycles. The maximum absolute atomic E-state index is 12.2. The normalized spacial score (nSPS) is 10.2. The highest BCUT2D eigenvalue weighted by molar-refractivity contribution is 5.95. The summed E-state index contributed by atoms with van der Waals surface area (Å²) in [5.74, 6) is -0.401. The van der Waals surface area contributed by atoms with Crippen LogP contribution in [0.4, 0.5) is 0 Å². The van der Waals surface area contributed by atoms with Crippen molar-refractivity contribution >= 4 is 11.8 Å². The number of hydrogen-bond donors (Lipinski definition) is 3. The summed E-state index contributed by atoms with van der Waals surface area (Å²) in [4.78, 5) is 39.1. The second-order valence-electron chi connectivity index (χ2n) is 6.15. The van der Waals surface area contributed by atoms with Crippen molar-refractivity contribution in [3.8, 4) is 22.8 Å². The molecule has 3 N–H and O–H groups in total. The Balaban J connectivity index is 1.55. The number of ether oxygens (including phenoxy) is 2. The second kappa shape index (κ2) is 9.92. The number of carbonyl (C=O) groups excluding carboxylic acids is 2. The number of nitrogens with one attached hydrogen (secondary N) is 3. The first-order chi connectivity index (χ1) is 14.6. The molecule has 0 aliphatic heterocycles. The minimum absolute atomic E-state index is 0.127. The van der Waals surface area contributed by atoms with Crippen LogP contribution in [0.1, 0.15) is 17.3 Å². The van der Waals surface area contributed by atoms with Crippen molar-refractivity contribution in [1.29, 1.82) is 0 Å². The molecule has 154 valence electrons. The van der Waals surface area contributed by atoms with Crippen LogP contribution in [0.25, 0.3) is 11.3 Å². The van der Waals surface area contributed by atoms with Crippen molar-refractivity contribution in [2.24, 2.45) is 0 Å². The smallest absolute Gasteiger partial charge is 0.276 e. The summed E-state index contributed by atoms with van der Waals surface area (Å²) in [6.07, 6.45) is 0. The summed E-state index contributed by atoms with van der Waals surface area (Å²) in [7, 11) is 0. The zero-order valence-corrected chi connectivity index (χ0v) is 16.3. The first-order valence-electron chi connectivity index (χ1n) is 9.31. The molecule has 3 aromatic rings. The van der Waals surface area contributed by atoms with Gasteiger partial charge >= 0.3 is 0 Å². The molecule has 0 saturated heterocycles. The fourth-order valence-electron chi connectivity index (χ4n) is 2.66. The SMILES string of the molecule is CCOc1ccccc1OCC(=O)NNC(=O)c1ccc(-c2ccccc2)[nH]c1=O. The van der Waals surface area contributed by atoms with E-state index in [1.54, 1.807) is 30.3 Å². The first kappa shape index (κ1) is 20.7. The van der Waals surface area contributed by atoms with Crippen molar-refractivity contribution in [2.45, 2.75) is 6.92 Å². The molecule has 0 unspecified atom stereocenters. The summed E-state index contributed by atoms with van der Waals surface area (Å²) >= 11 is 0. The predicted molar refractivity (Wildman–Crippen MR) is 111 cm³/mol. The van der Waals surface area contributed by atoms with E-state index in [0.717, 1.165) is 5.56 Å². The van der Waals surface area contributed by atoms with Crippen LogP contribution in [-0.2, 0) is 4.79 Å². The molecule has 0 aliphatic rings. The summed E-state index contributed by atoms with van der Waals surface area (Å²) in [6, 6.07) is 19.2. The molecule has 0 fully saturated rings. The van der Waals surface area contributed by atoms with Gasteiger partial charge in [-0.1, -0.05) is 42.5 Å². The van der Waals surface area contributed by atoms with Gasteiger partial charge < -0.3 is 14.5 Å². The fourth-order valence-corrected chi connectivity index (χ4v) is 2.66. The van der Waals surface area contributed by atoms with Crippen LogP contribution < -0.4 is 25.9 Å². The number of carbonyl (C=O) groups is 2. The molecule has 2 amide bonds. The van der Waals surface area contributed by atoms with Gasteiger partial charge in [0.25, 0.3) is 17.4 Å². The van der Waals surface area contributed by atoms with Crippen LogP contribution in [0.5, 0.6) is 11.5 Å². The van der Waals surface area contributed by atoms with Crippen LogP contribution >= 0.6 is 0 Å². The number of rotatable bonds is 7. The van der Waals surface area contributed by atoms with E-state index in [1.165, 1.54) is 6.07 Å². The maximum Gasteiger partial charge on any atom is 0.276 e. The molecule has 0 radical (unpaired) electrons. The number of pyridine rings is 1. The van der Waals surface area contributed by atoms with Crippen LogP contribution in [0.2, 0.25) is 0 Å². The number of amides is 2. The van der Waals surface area contributed by atoms with E-state index >= 15 is 0 Å². The van der Waals surface area contributed by atoms with E-state index in [0.29, 0.717) is 23.8 Å². The van der Waals surface area contributed by atoms with Gasteiger partial charge in [0, 0.05) is 5.69 Å². The molecule has 0 spiro atoms. The van der Waals surface area contributed by atoms with Gasteiger partial charge in [0.05, 0.1) is 6.61 Å². The van der Waals surface area contributed by atoms with Gasteiger partial charge in [0.15, 0.2) is 18.1 Å². The lowest BCUT2D eigenvalue weighted by Crippen LogP contribution is -2.45. The quantitative estimate of drug-likeness (QED) is 0.521. The van der Waals surface area contributed by atoms with Gasteiger partial charge in [-0.05, 0) is 36.8 Å². The lowest BCUT2D eigenvalue weighted by atomic mass is 10.1. The molecule has 0 atom stereocenters. The second-order valence-corrected chi connectivity index (χ2v) is 6.15. The zero-order chi connectivity index (χ0) is 21.3. The third kappa shape index (κ3) is 5.26. The average molecular weight is 407 g/mol. The van der Waals surface area contributed by atoms with Crippen LogP contribution in [-0.4, -0.2) is 30.0 Å². The highest BCUT2D eigenvalue weighted by Crippen LogP contribution is 2.26. The van der Waals surface area contributed by atoms with E-state index in [1.807, 2.05) is 37.3 Å². The van der Waals surface area contributed by atoms with Gasteiger partial charge in [-0.2, -0.15) is 0 Å². The summed E-state index contributed by atoms with van der Waals surface area (Å²) in [5, 5.41) is 0. The van der Waals surface area contributed by atoms with Crippen molar-refractivity contribution in [3.05, 3.63) is 82.6 Å². The number of aromatic nitrogens is 1. The lowest BCUT2D eigenvalue weighted by Gasteiger charge is -2.12. The van der Waals surface area contributed by atoms with E-state index in [2.05, 4.69) is 15.8 Å². The van der Waals surface area contributed by atoms with Gasteiger partial charge in [0.2, 0.25) is 0 Å². The van der Waals surface area contributed by atoms with Gasteiger partial charge in [0.1, 0.15) is 5.56 Å². The Kier molecular flexibility index (Phi) is 6.83. The van der Waals surface area contributed by atoms with E-state index < -0.39 is 17.4 Å². The Bertz CT molecular complexity index is 1080. The van der Waals surface area contributed by atoms with Crippen molar-refractivity contribution in [2.75, 3.05) is 13.2 Å². The van der Waals surface area contributed by atoms with Crippen molar-refractivity contribution in [3.63, 3.8) is 0 Å². The Morgan fingerprint density at radius 3 is 2.20 bits per heavy atom. The summed E-state index contributed by atoms with van der Waals surface area (Å²) in [5.41, 5.74) is 5.14. The molecule has 1 aromatic heterocycles. The molecule has 8 heteroatoms. The number of aromatic amines is 1. The van der Waals surface area contributed by atoms with Crippen LogP contribution in [0.15, 0.2) is 71.5 Å². The third-order valence-corrected chi connectivity index (χ3v) is 4.06. The standard InChI is InChI=1S/C22H21N3O5/c1-2-29-18-10-6-7-11-19(18)30-14-20(26)24-25-22(28)16-12-13-17(23-21(16)27)15-8-4-3-5-9-15/h3-13H,2,14H2,1H3,(H,23,27)(H,24,26)(H,25,28).